The monoisotopic (exact) mass is 556 g/mol. The highest BCUT2D eigenvalue weighted by molar-refractivity contribution is 7.89. The van der Waals surface area contributed by atoms with Crippen LogP contribution in [0.2, 0.25) is 0 Å². The first kappa shape index (κ1) is 25.4. The largest absolute Gasteiger partial charge is 0.457 e. The molecule has 3 aromatic carbocycles. The summed E-state index contributed by atoms with van der Waals surface area (Å²) in [5, 5.41) is 0.612. The van der Waals surface area contributed by atoms with Crippen LogP contribution in [-0.4, -0.2) is 49.8 Å². The predicted molar refractivity (Wildman–Crippen MR) is 152 cm³/mol. The molecule has 1 fully saturated rings. The molecule has 1 aliphatic rings. The molecular formula is C30H24N2O5S2. The SMILES string of the molecule is O=C(C(=Cc1ccc(-c2ccc(S(=O)(=O)N3CCOCC3)cc2)o1)c1nc2ccccc2s1)c1ccccc1. The Kier molecular flexibility index (Phi) is 6.97. The molecule has 6 rings (SSSR count). The number of morpholine rings is 1. The summed E-state index contributed by atoms with van der Waals surface area (Å²) in [6.45, 7) is 1.48. The van der Waals surface area contributed by atoms with Crippen molar-refractivity contribution in [3.05, 3.63) is 107 Å². The summed E-state index contributed by atoms with van der Waals surface area (Å²) in [5.74, 6) is 0.909. The summed E-state index contributed by atoms with van der Waals surface area (Å²) >= 11 is 1.46. The third-order valence-corrected chi connectivity index (χ3v) is 9.45. The number of hydrogen-bond donors (Lipinski definition) is 0. The van der Waals surface area contributed by atoms with E-state index in [9.17, 15) is 13.2 Å². The van der Waals surface area contributed by atoms with E-state index in [0.29, 0.717) is 54.0 Å². The standard InChI is InChI=1S/C30H24N2O5S2/c33-29(22-6-2-1-3-7-22)25(30-31-26-8-4-5-9-28(26)38-30)20-23-12-15-27(37-23)21-10-13-24(14-11-21)39(34,35)32-16-18-36-19-17-32/h1-15,20H,16-19H2. The maximum absolute atomic E-state index is 13.6. The lowest BCUT2D eigenvalue weighted by Gasteiger charge is -2.26. The first-order valence-corrected chi connectivity index (χ1v) is 14.7. The zero-order valence-electron chi connectivity index (χ0n) is 20.8. The van der Waals surface area contributed by atoms with Crippen molar-refractivity contribution in [2.24, 2.45) is 0 Å². The number of nitrogens with zero attached hydrogens (tertiary/aromatic N) is 2. The Morgan fingerprint density at radius 3 is 2.33 bits per heavy atom. The minimum Gasteiger partial charge on any atom is -0.457 e. The van der Waals surface area contributed by atoms with Gasteiger partial charge in [0.15, 0.2) is 5.78 Å². The van der Waals surface area contributed by atoms with Gasteiger partial charge in [-0.3, -0.25) is 4.79 Å². The van der Waals surface area contributed by atoms with Gasteiger partial charge in [0, 0.05) is 24.2 Å². The molecule has 0 amide bonds. The van der Waals surface area contributed by atoms with E-state index in [1.807, 2.05) is 42.5 Å². The van der Waals surface area contributed by atoms with Gasteiger partial charge in [-0.15, -0.1) is 11.3 Å². The summed E-state index contributed by atoms with van der Waals surface area (Å²) in [6.07, 6.45) is 1.72. The van der Waals surface area contributed by atoms with E-state index in [1.54, 1.807) is 54.6 Å². The number of carbonyl (C=O) groups excluding carboxylic acids is 1. The van der Waals surface area contributed by atoms with E-state index in [-0.39, 0.29) is 10.7 Å². The molecule has 1 aliphatic heterocycles. The second-order valence-electron chi connectivity index (χ2n) is 8.98. The number of hydrogen-bond acceptors (Lipinski definition) is 7. The zero-order valence-corrected chi connectivity index (χ0v) is 22.5. The number of fused-ring (bicyclic) bond motifs is 1. The number of benzene rings is 3. The maximum atomic E-state index is 13.6. The van der Waals surface area contributed by atoms with E-state index >= 15 is 0 Å². The van der Waals surface area contributed by atoms with Crippen LogP contribution in [0, 0.1) is 0 Å². The third-order valence-electron chi connectivity index (χ3n) is 6.46. The van der Waals surface area contributed by atoms with Crippen LogP contribution in [0.5, 0.6) is 0 Å². The van der Waals surface area contributed by atoms with Crippen LogP contribution in [0.1, 0.15) is 21.1 Å². The summed E-state index contributed by atoms with van der Waals surface area (Å²) in [7, 11) is -3.58. The number of furan rings is 1. The zero-order chi connectivity index (χ0) is 26.8. The second-order valence-corrected chi connectivity index (χ2v) is 12.0. The first-order valence-electron chi connectivity index (χ1n) is 12.4. The van der Waals surface area contributed by atoms with Gasteiger partial charge in [0.05, 0.1) is 33.9 Å². The Bertz CT molecular complexity index is 1730. The molecule has 7 nitrogen and oxygen atoms in total. The number of sulfonamides is 1. The Labute approximate surface area is 230 Å². The molecule has 5 aromatic rings. The van der Waals surface area contributed by atoms with Crippen LogP contribution in [0.25, 0.3) is 33.2 Å². The summed E-state index contributed by atoms with van der Waals surface area (Å²) < 4.78 is 39.7. The average Bonchev–Trinajstić information content (AvgIpc) is 3.64. The molecular weight excluding hydrogens is 532 g/mol. The van der Waals surface area contributed by atoms with Crippen LogP contribution in [0.15, 0.2) is 100 Å². The smallest absolute Gasteiger partial charge is 0.243 e. The molecule has 0 unspecified atom stereocenters. The van der Waals surface area contributed by atoms with Crippen molar-refractivity contribution in [2.45, 2.75) is 4.90 Å². The van der Waals surface area contributed by atoms with Gasteiger partial charge < -0.3 is 9.15 Å². The van der Waals surface area contributed by atoms with Crippen molar-refractivity contribution in [3.63, 3.8) is 0 Å². The van der Waals surface area contributed by atoms with Crippen molar-refractivity contribution in [1.29, 1.82) is 0 Å². The summed E-state index contributed by atoms with van der Waals surface area (Å²) in [6, 6.07) is 27.1. The van der Waals surface area contributed by atoms with Gasteiger partial charge in [-0.2, -0.15) is 4.31 Å². The molecule has 39 heavy (non-hydrogen) atoms. The lowest BCUT2D eigenvalue weighted by atomic mass is 10.0. The van der Waals surface area contributed by atoms with Gasteiger partial charge in [0.2, 0.25) is 10.0 Å². The van der Waals surface area contributed by atoms with Gasteiger partial charge >= 0.3 is 0 Å². The lowest BCUT2D eigenvalue weighted by molar-refractivity contribution is 0.0730. The molecule has 9 heteroatoms. The Morgan fingerprint density at radius 2 is 1.59 bits per heavy atom. The van der Waals surface area contributed by atoms with E-state index in [0.717, 1.165) is 15.8 Å². The van der Waals surface area contributed by atoms with E-state index in [4.69, 9.17) is 14.1 Å². The molecule has 0 spiro atoms. The number of allylic oxidation sites excluding steroid dienone is 1. The molecule has 3 heterocycles. The molecule has 196 valence electrons. The minimum absolute atomic E-state index is 0.148. The Morgan fingerprint density at radius 1 is 0.872 bits per heavy atom. The number of thiazole rings is 1. The molecule has 0 aliphatic carbocycles. The number of para-hydroxylation sites is 1. The highest BCUT2D eigenvalue weighted by Gasteiger charge is 2.26. The fraction of sp³-hybridized carbons (Fsp3) is 0.133. The van der Waals surface area contributed by atoms with Crippen LogP contribution < -0.4 is 0 Å². The summed E-state index contributed by atoms with van der Waals surface area (Å²) in [5.41, 5.74) is 2.56. The summed E-state index contributed by atoms with van der Waals surface area (Å²) in [4.78, 5) is 18.5. The van der Waals surface area contributed by atoms with Gasteiger partial charge in [-0.25, -0.2) is 13.4 Å². The molecule has 0 radical (unpaired) electrons. The topological polar surface area (TPSA) is 89.7 Å². The van der Waals surface area contributed by atoms with Crippen molar-refractivity contribution in [1.82, 2.24) is 9.29 Å². The van der Waals surface area contributed by atoms with Crippen LogP contribution >= 0.6 is 11.3 Å². The Hall–Kier alpha value is -3.89. The highest BCUT2D eigenvalue weighted by atomic mass is 32.2. The normalized spacial score (nSPS) is 15.0. The molecule has 0 N–H and O–H groups in total. The van der Waals surface area contributed by atoms with Crippen LogP contribution in [0.4, 0.5) is 0 Å². The molecule has 0 atom stereocenters. The van der Waals surface area contributed by atoms with Gasteiger partial charge in [-0.1, -0.05) is 42.5 Å². The molecule has 0 bridgehead atoms. The van der Waals surface area contributed by atoms with Crippen molar-refractivity contribution in [3.8, 4) is 11.3 Å². The quantitative estimate of drug-likeness (QED) is 0.180. The highest BCUT2D eigenvalue weighted by Crippen LogP contribution is 2.32. The fourth-order valence-corrected chi connectivity index (χ4v) is 6.80. The van der Waals surface area contributed by atoms with Gasteiger partial charge in [0.25, 0.3) is 0 Å². The maximum Gasteiger partial charge on any atom is 0.243 e. The molecule has 0 saturated carbocycles. The average molecular weight is 557 g/mol. The van der Waals surface area contributed by atoms with Crippen molar-refractivity contribution in [2.75, 3.05) is 26.3 Å². The number of carbonyl (C=O) groups is 1. The van der Waals surface area contributed by atoms with Crippen LogP contribution in [-0.2, 0) is 14.8 Å². The van der Waals surface area contributed by atoms with E-state index in [1.165, 1.54) is 15.6 Å². The van der Waals surface area contributed by atoms with Gasteiger partial charge in [-0.05, 0) is 54.6 Å². The first-order chi connectivity index (χ1) is 19.0. The Balaban J connectivity index is 1.32. The van der Waals surface area contributed by atoms with Crippen molar-refractivity contribution >= 4 is 49.0 Å². The number of Topliss-reactive ketones (excluding diaryl/α,β-unsaturated/α-hetero) is 1. The molecule has 1 saturated heterocycles. The molecule has 2 aromatic heterocycles. The van der Waals surface area contributed by atoms with Crippen molar-refractivity contribution < 1.29 is 22.4 Å². The number of rotatable bonds is 7. The lowest BCUT2D eigenvalue weighted by Crippen LogP contribution is -2.40. The number of ketones is 1. The number of aromatic nitrogens is 1. The van der Waals surface area contributed by atoms with Crippen LogP contribution in [0.3, 0.4) is 0 Å². The van der Waals surface area contributed by atoms with Gasteiger partial charge in [0.1, 0.15) is 16.5 Å². The fourth-order valence-electron chi connectivity index (χ4n) is 4.41. The third kappa shape index (κ3) is 5.22. The minimum atomic E-state index is -3.58. The second kappa shape index (κ2) is 10.7. The number of ether oxygens (including phenoxy) is 1. The van der Waals surface area contributed by atoms with E-state index < -0.39 is 10.0 Å². The van der Waals surface area contributed by atoms with E-state index in [2.05, 4.69) is 0 Å². The predicted octanol–water partition coefficient (Wildman–Crippen LogP) is 6.00.